The summed E-state index contributed by atoms with van der Waals surface area (Å²) in [4.78, 5) is 21.3. The molecule has 0 amide bonds. The lowest BCUT2D eigenvalue weighted by Gasteiger charge is -2.23. The van der Waals surface area contributed by atoms with Crippen LogP contribution in [0.5, 0.6) is 5.75 Å². The van der Waals surface area contributed by atoms with Crippen LogP contribution in [-0.4, -0.2) is 11.0 Å². The first-order chi connectivity index (χ1) is 13.4. The predicted molar refractivity (Wildman–Crippen MR) is 108 cm³/mol. The molecule has 0 fully saturated rings. The number of hydrazine groups is 1. The quantitative estimate of drug-likeness (QED) is 0.427. The highest BCUT2D eigenvalue weighted by atomic mass is 16.7. The third kappa shape index (κ3) is 4.39. The van der Waals surface area contributed by atoms with Crippen LogP contribution in [0.2, 0.25) is 0 Å². The lowest BCUT2D eigenvalue weighted by atomic mass is 9.84. The number of hydrogen-bond acceptors (Lipinski definition) is 7. The molecule has 3 rings (SSSR count). The van der Waals surface area contributed by atoms with Crippen molar-refractivity contribution >= 4 is 22.6 Å². The normalized spacial score (nSPS) is 11.4. The van der Waals surface area contributed by atoms with Crippen molar-refractivity contribution < 1.29 is 14.4 Å². The summed E-state index contributed by atoms with van der Waals surface area (Å²) < 4.78 is 5.87. The van der Waals surface area contributed by atoms with Gasteiger partial charge in [-0.25, -0.2) is 10.6 Å². The molecule has 0 atom stereocenters. The van der Waals surface area contributed by atoms with Crippen LogP contribution >= 0.6 is 0 Å². The molecule has 0 aliphatic carbocycles. The Bertz CT molecular complexity index is 974. The van der Waals surface area contributed by atoms with Crippen LogP contribution in [0, 0.1) is 5.41 Å². The summed E-state index contributed by atoms with van der Waals surface area (Å²) in [5.41, 5.74) is 10.5. The Morgan fingerprint density at radius 3 is 2.64 bits per heavy atom. The minimum Gasteiger partial charge on any atom is -0.489 e. The topological polar surface area (TPSA) is 112 Å². The SMILES string of the molecule is CC(C)(Cc1c(N)cnc2cc(OCc3ccccc3)ccc12)C(=O)ONN. The Balaban J connectivity index is 1.86. The van der Waals surface area contributed by atoms with E-state index >= 15 is 0 Å². The van der Waals surface area contributed by atoms with E-state index in [0.717, 1.165) is 22.0 Å². The first-order valence-electron chi connectivity index (χ1n) is 8.91. The van der Waals surface area contributed by atoms with Gasteiger partial charge in [-0.05, 0) is 43.5 Å². The molecule has 0 bridgehead atoms. The molecule has 0 unspecified atom stereocenters. The number of carbonyl (C=O) groups excluding carboxylic acids is 1. The number of benzene rings is 2. The highest BCUT2D eigenvalue weighted by molar-refractivity contribution is 5.88. The van der Waals surface area contributed by atoms with Gasteiger partial charge in [0.1, 0.15) is 12.4 Å². The van der Waals surface area contributed by atoms with Gasteiger partial charge in [0.05, 0.1) is 22.8 Å². The third-order valence-corrected chi connectivity index (χ3v) is 4.56. The molecule has 0 radical (unpaired) electrons. The van der Waals surface area contributed by atoms with E-state index in [1.165, 1.54) is 0 Å². The van der Waals surface area contributed by atoms with Crippen LogP contribution in [0.25, 0.3) is 10.9 Å². The van der Waals surface area contributed by atoms with Crippen LogP contribution in [0.1, 0.15) is 25.0 Å². The largest absolute Gasteiger partial charge is 0.489 e. The number of nitrogens with one attached hydrogen (secondary N) is 1. The second kappa shape index (κ2) is 8.24. The monoisotopic (exact) mass is 380 g/mol. The summed E-state index contributed by atoms with van der Waals surface area (Å²) in [6.07, 6.45) is 1.98. The summed E-state index contributed by atoms with van der Waals surface area (Å²) in [6, 6.07) is 15.6. The van der Waals surface area contributed by atoms with E-state index in [2.05, 4.69) is 4.98 Å². The van der Waals surface area contributed by atoms with Crippen molar-refractivity contribution in [2.45, 2.75) is 26.9 Å². The molecule has 0 aliphatic heterocycles. The van der Waals surface area contributed by atoms with Crippen LogP contribution in [0.3, 0.4) is 0 Å². The summed E-state index contributed by atoms with van der Waals surface area (Å²) in [6.45, 7) is 4.02. The van der Waals surface area contributed by atoms with Crippen molar-refractivity contribution in [1.82, 2.24) is 10.6 Å². The van der Waals surface area contributed by atoms with Crippen LogP contribution < -0.4 is 21.9 Å². The van der Waals surface area contributed by atoms with E-state index in [1.807, 2.05) is 54.1 Å². The minimum absolute atomic E-state index is 0.378. The van der Waals surface area contributed by atoms with Crippen molar-refractivity contribution in [1.29, 1.82) is 0 Å². The molecule has 1 heterocycles. The molecule has 5 N–H and O–H groups in total. The second-order valence-corrected chi connectivity index (χ2v) is 7.21. The molecular weight excluding hydrogens is 356 g/mol. The van der Waals surface area contributed by atoms with E-state index in [-0.39, 0.29) is 0 Å². The molecule has 3 aromatic rings. The first kappa shape index (κ1) is 19.6. The smallest absolute Gasteiger partial charge is 0.332 e. The van der Waals surface area contributed by atoms with Crippen molar-refractivity contribution in [2.24, 2.45) is 11.3 Å². The number of nitrogens with two attached hydrogens (primary N) is 2. The number of hydrogen-bond donors (Lipinski definition) is 3. The summed E-state index contributed by atoms with van der Waals surface area (Å²) in [5, 5.41) is 0.869. The number of nitrogen functional groups attached to an aromatic ring is 1. The fraction of sp³-hybridized carbons (Fsp3) is 0.238. The molecule has 0 spiro atoms. The zero-order chi connectivity index (χ0) is 20.1. The number of nitrogens with zero attached hydrogens (tertiary/aromatic N) is 1. The Kier molecular flexibility index (Phi) is 5.77. The summed E-state index contributed by atoms with van der Waals surface area (Å²) in [7, 11) is 0. The lowest BCUT2D eigenvalue weighted by molar-refractivity contribution is -0.161. The zero-order valence-electron chi connectivity index (χ0n) is 15.9. The van der Waals surface area contributed by atoms with Gasteiger partial charge in [0, 0.05) is 11.5 Å². The molecule has 0 saturated carbocycles. The molecule has 146 valence electrons. The molecule has 2 aromatic carbocycles. The molecular formula is C21H24N4O3. The van der Waals surface area contributed by atoms with Crippen molar-refractivity contribution in [3.8, 4) is 5.75 Å². The summed E-state index contributed by atoms with van der Waals surface area (Å²) >= 11 is 0. The Hall–Kier alpha value is -3.16. The highest BCUT2D eigenvalue weighted by Crippen LogP contribution is 2.32. The number of pyridine rings is 1. The number of rotatable bonds is 7. The van der Waals surface area contributed by atoms with Crippen LogP contribution in [0.15, 0.2) is 54.7 Å². The molecule has 28 heavy (non-hydrogen) atoms. The maximum absolute atomic E-state index is 12.1. The second-order valence-electron chi connectivity index (χ2n) is 7.21. The van der Waals surface area contributed by atoms with E-state index in [4.69, 9.17) is 21.2 Å². The summed E-state index contributed by atoms with van der Waals surface area (Å²) in [5.74, 6) is 5.33. The molecule has 0 saturated heterocycles. The number of carbonyl (C=O) groups is 1. The molecule has 0 aliphatic rings. The standard InChI is InChI=1S/C21H24N4O3/c1-21(2,20(26)28-25-23)11-17-16-9-8-15(10-19(16)24-12-18(17)22)27-13-14-6-4-3-5-7-14/h3-10,12,25H,11,13,22-23H2,1-2H3. The molecule has 7 nitrogen and oxygen atoms in total. The van der Waals surface area contributed by atoms with Gasteiger partial charge >= 0.3 is 5.97 Å². The first-order valence-corrected chi connectivity index (χ1v) is 8.91. The lowest BCUT2D eigenvalue weighted by Crippen LogP contribution is -2.36. The van der Waals surface area contributed by atoms with E-state index in [9.17, 15) is 4.79 Å². The van der Waals surface area contributed by atoms with Gasteiger partial charge in [-0.3, -0.25) is 4.98 Å². The molecule has 1 aromatic heterocycles. The number of ether oxygens (including phenoxy) is 1. The van der Waals surface area contributed by atoms with E-state index in [1.54, 1.807) is 20.0 Å². The van der Waals surface area contributed by atoms with Crippen LogP contribution in [-0.2, 0) is 22.7 Å². The number of fused-ring (bicyclic) bond motifs is 1. The van der Waals surface area contributed by atoms with E-state index < -0.39 is 11.4 Å². The van der Waals surface area contributed by atoms with Crippen molar-refractivity contribution in [3.63, 3.8) is 0 Å². The Morgan fingerprint density at radius 2 is 1.93 bits per heavy atom. The maximum atomic E-state index is 12.1. The van der Waals surface area contributed by atoms with Crippen LogP contribution in [0.4, 0.5) is 5.69 Å². The fourth-order valence-electron chi connectivity index (χ4n) is 2.98. The molecule has 7 heteroatoms. The Labute approximate surface area is 163 Å². The van der Waals surface area contributed by atoms with Crippen molar-refractivity contribution in [3.05, 3.63) is 65.9 Å². The van der Waals surface area contributed by atoms with E-state index in [0.29, 0.717) is 24.5 Å². The van der Waals surface area contributed by atoms with Gasteiger partial charge in [0.25, 0.3) is 0 Å². The average Bonchev–Trinajstić information content (AvgIpc) is 2.69. The zero-order valence-corrected chi connectivity index (χ0v) is 15.9. The van der Waals surface area contributed by atoms with Crippen molar-refractivity contribution in [2.75, 3.05) is 5.73 Å². The average molecular weight is 380 g/mol. The maximum Gasteiger partial charge on any atom is 0.332 e. The van der Waals surface area contributed by atoms with Gasteiger partial charge < -0.3 is 15.3 Å². The number of anilines is 1. The van der Waals surface area contributed by atoms with Gasteiger partial charge in [0.15, 0.2) is 0 Å². The fourth-order valence-corrected chi connectivity index (χ4v) is 2.98. The minimum atomic E-state index is -0.822. The van der Waals surface area contributed by atoms with Gasteiger partial charge in [-0.15, -0.1) is 0 Å². The predicted octanol–water partition coefficient (Wildman–Crippen LogP) is 2.89. The number of aromatic nitrogens is 1. The van der Waals surface area contributed by atoms with Gasteiger partial charge in [-0.2, -0.15) is 0 Å². The van der Waals surface area contributed by atoms with Gasteiger partial charge in [0.2, 0.25) is 0 Å². The third-order valence-electron chi connectivity index (χ3n) is 4.56. The highest BCUT2D eigenvalue weighted by Gasteiger charge is 2.31. The van der Waals surface area contributed by atoms with Gasteiger partial charge in [-0.1, -0.05) is 35.9 Å². The Morgan fingerprint density at radius 1 is 1.18 bits per heavy atom.